The fraction of sp³-hybridized carbons (Fsp3) is 0. The predicted molar refractivity (Wildman–Crippen MR) is 42.2 cm³/mol. The highest BCUT2D eigenvalue weighted by molar-refractivity contribution is 6.61. The van der Waals surface area contributed by atoms with Crippen molar-refractivity contribution >= 4 is 22.7 Å². The number of anilines is 1. The smallest absolute Gasteiger partial charge is 0.328 e. The zero-order valence-electron chi connectivity index (χ0n) is 7.08. The molecule has 0 amide bonds. The third-order valence-corrected chi connectivity index (χ3v) is 1.52. The number of nitrogens with one attached hydrogen (secondary N) is 1. The normalized spacial score (nSPS) is 10.1. The van der Waals surface area contributed by atoms with E-state index in [1.807, 2.05) is 0 Å². The van der Waals surface area contributed by atoms with Crippen molar-refractivity contribution in [3.05, 3.63) is 29.1 Å². The molecule has 3 nitrogen and oxygen atoms in total. The number of carbonyl (C=O) groups excluding carboxylic acids is 1. The maximum Gasteiger partial charge on any atom is 0.427 e. The number of halogens is 6. The van der Waals surface area contributed by atoms with E-state index in [-0.39, 0.29) is 0 Å². The first-order chi connectivity index (χ1) is 7.36. The van der Waals surface area contributed by atoms with Gasteiger partial charge in [0.25, 0.3) is 0 Å². The van der Waals surface area contributed by atoms with Gasteiger partial charge >= 0.3 is 5.43 Å². The highest BCUT2D eigenvalue weighted by Gasteiger charge is 2.26. The Balaban J connectivity index is 3.23. The summed E-state index contributed by atoms with van der Waals surface area (Å²) in [5.41, 5.74) is -1.84. The molecule has 0 aliphatic heterocycles. The van der Waals surface area contributed by atoms with Crippen LogP contribution in [0.4, 0.5) is 32.4 Å². The second kappa shape index (κ2) is 4.52. The summed E-state index contributed by atoms with van der Waals surface area (Å²) in [4.78, 5) is 13.7. The van der Waals surface area contributed by atoms with E-state index >= 15 is 0 Å². The lowest BCUT2D eigenvalue weighted by atomic mass is 10.2. The van der Waals surface area contributed by atoms with Gasteiger partial charge in [-0.2, -0.15) is 0 Å². The van der Waals surface area contributed by atoms with Gasteiger partial charge < -0.3 is 4.84 Å². The number of carbonyl (C=O) groups is 1. The molecule has 88 valence electrons. The van der Waals surface area contributed by atoms with E-state index in [1.54, 1.807) is 0 Å². The Kier molecular flexibility index (Phi) is 3.53. The fourth-order valence-electron chi connectivity index (χ4n) is 0.786. The number of hydrogen-bond acceptors (Lipinski definition) is 3. The first-order valence-corrected chi connectivity index (χ1v) is 3.87. The zero-order chi connectivity index (χ0) is 12.5. The van der Waals surface area contributed by atoms with E-state index in [1.165, 1.54) is 5.48 Å². The van der Waals surface area contributed by atoms with Gasteiger partial charge in [-0.25, -0.2) is 32.2 Å². The molecule has 0 saturated carbocycles. The van der Waals surface area contributed by atoms with Crippen molar-refractivity contribution in [1.29, 1.82) is 0 Å². The molecular formula is C7HClF5NO2. The SMILES string of the molecule is O=C(Cl)ONc1c(F)c(F)c(F)c(F)c1F. The molecule has 1 rings (SSSR count). The lowest BCUT2D eigenvalue weighted by Gasteiger charge is -2.08. The fourth-order valence-corrected chi connectivity index (χ4v) is 0.824. The van der Waals surface area contributed by atoms with E-state index in [0.717, 1.165) is 0 Å². The molecule has 0 aliphatic rings. The van der Waals surface area contributed by atoms with Crippen LogP contribution < -0.4 is 5.48 Å². The summed E-state index contributed by atoms with van der Waals surface area (Å²) < 4.78 is 63.3. The molecule has 0 radical (unpaired) electrons. The Bertz CT molecular complexity index is 424. The highest BCUT2D eigenvalue weighted by Crippen LogP contribution is 2.27. The van der Waals surface area contributed by atoms with Gasteiger partial charge in [-0.1, -0.05) is 0 Å². The average molecular weight is 262 g/mol. The Hall–Kier alpha value is -1.57. The summed E-state index contributed by atoms with van der Waals surface area (Å²) in [6.07, 6.45) is 0. The van der Waals surface area contributed by atoms with Gasteiger partial charge in [0.1, 0.15) is 5.69 Å². The Morgan fingerprint density at radius 1 is 0.938 bits per heavy atom. The first-order valence-electron chi connectivity index (χ1n) is 3.50. The molecule has 0 atom stereocenters. The summed E-state index contributed by atoms with van der Waals surface area (Å²) in [5.74, 6) is -11.0. The van der Waals surface area contributed by atoms with E-state index in [0.29, 0.717) is 0 Å². The van der Waals surface area contributed by atoms with Crippen LogP contribution in [0.25, 0.3) is 0 Å². The molecule has 1 aromatic rings. The van der Waals surface area contributed by atoms with Gasteiger partial charge in [-0.05, 0) is 0 Å². The van der Waals surface area contributed by atoms with Crippen molar-refractivity contribution in [2.24, 2.45) is 0 Å². The summed E-state index contributed by atoms with van der Waals surface area (Å²) in [6, 6.07) is 0. The second-order valence-electron chi connectivity index (χ2n) is 2.39. The number of hydrogen-bond donors (Lipinski definition) is 1. The third-order valence-electron chi connectivity index (χ3n) is 1.44. The second-order valence-corrected chi connectivity index (χ2v) is 2.70. The summed E-state index contributed by atoms with van der Waals surface area (Å²) in [7, 11) is 0. The van der Waals surface area contributed by atoms with Crippen LogP contribution in [0.5, 0.6) is 0 Å². The van der Waals surface area contributed by atoms with E-state index < -0.39 is 40.2 Å². The lowest BCUT2D eigenvalue weighted by molar-refractivity contribution is 0.195. The Morgan fingerprint density at radius 3 is 1.69 bits per heavy atom. The lowest BCUT2D eigenvalue weighted by Crippen LogP contribution is -2.11. The van der Waals surface area contributed by atoms with Crippen molar-refractivity contribution in [2.45, 2.75) is 0 Å². The van der Waals surface area contributed by atoms with Crippen LogP contribution >= 0.6 is 11.6 Å². The molecule has 0 heterocycles. The molecule has 0 bridgehead atoms. The molecule has 1 N–H and O–H groups in total. The van der Waals surface area contributed by atoms with Crippen LogP contribution in [0.2, 0.25) is 0 Å². The van der Waals surface area contributed by atoms with Crippen molar-refractivity contribution in [1.82, 2.24) is 0 Å². The first kappa shape index (κ1) is 12.5. The molecule has 16 heavy (non-hydrogen) atoms. The van der Waals surface area contributed by atoms with E-state index in [9.17, 15) is 26.7 Å². The minimum Gasteiger partial charge on any atom is -0.328 e. The third kappa shape index (κ3) is 2.16. The van der Waals surface area contributed by atoms with Crippen molar-refractivity contribution in [2.75, 3.05) is 5.48 Å². The topological polar surface area (TPSA) is 38.3 Å². The summed E-state index contributed by atoms with van der Waals surface area (Å²) >= 11 is 4.61. The molecule has 0 spiro atoms. The van der Waals surface area contributed by atoms with Gasteiger partial charge in [-0.15, -0.1) is 0 Å². The van der Waals surface area contributed by atoms with Crippen molar-refractivity contribution in [3.63, 3.8) is 0 Å². The van der Waals surface area contributed by atoms with E-state index in [2.05, 4.69) is 16.4 Å². The van der Waals surface area contributed by atoms with Gasteiger partial charge in [0, 0.05) is 11.6 Å². The maximum atomic E-state index is 12.8. The summed E-state index contributed by atoms with van der Waals surface area (Å²) in [5, 5.41) is 0. The monoisotopic (exact) mass is 261 g/mol. The number of rotatable bonds is 2. The van der Waals surface area contributed by atoms with Crippen molar-refractivity contribution < 1.29 is 31.6 Å². The molecule has 1 aromatic carbocycles. The van der Waals surface area contributed by atoms with Gasteiger partial charge in [0.15, 0.2) is 23.3 Å². The van der Waals surface area contributed by atoms with Gasteiger partial charge in [0.2, 0.25) is 5.82 Å². The van der Waals surface area contributed by atoms with Crippen LogP contribution in [0.3, 0.4) is 0 Å². The maximum absolute atomic E-state index is 12.8. The molecular weight excluding hydrogens is 261 g/mol. The molecule has 0 unspecified atom stereocenters. The van der Waals surface area contributed by atoms with E-state index in [4.69, 9.17) is 0 Å². The predicted octanol–water partition coefficient (Wildman–Crippen LogP) is 3.08. The summed E-state index contributed by atoms with van der Waals surface area (Å²) in [6.45, 7) is 0. The zero-order valence-corrected chi connectivity index (χ0v) is 7.84. The minimum atomic E-state index is -2.32. The van der Waals surface area contributed by atoms with Crippen LogP contribution in [-0.4, -0.2) is 5.43 Å². The molecule has 9 heteroatoms. The quantitative estimate of drug-likeness (QED) is 0.292. The molecule has 0 fully saturated rings. The van der Waals surface area contributed by atoms with Crippen LogP contribution in [-0.2, 0) is 4.84 Å². The largest absolute Gasteiger partial charge is 0.427 e. The highest BCUT2D eigenvalue weighted by atomic mass is 35.5. The van der Waals surface area contributed by atoms with Gasteiger partial charge in [0.05, 0.1) is 0 Å². The molecule has 0 aromatic heterocycles. The Morgan fingerprint density at radius 2 is 1.31 bits per heavy atom. The standard InChI is InChI=1S/C7HClF5NO2/c8-7(15)16-14-6-4(12)2(10)1(9)3(11)5(6)13/h14H. The molecule has 0 aliphatic carbocycles. The average Bonchev–Trinajstić information content (AvgIpc) is 2.23. The molecule has 0 saturated heterocycles. The van der Waals surface area contributed by atoms with Crippen LogP contribution in [0, 0.1) is 29.1 Å². The minimum absolute atomic E-state index is 1.21. The van der Waals surface area contributed by atoms with Gasteiger partial charge in [-0.3, -0.25) is 0 Å². The van der Waals surface area contributed by atoms with Crippen molar-refractivity contribution in [3.8, 4) is 0 Å². The van der Waals surface area contributed by atoms with Crippen LogP contribution in [0.1, 0.15) is 0 Å². The number of benzene rings is 1. The Labute approximate surface area is 89.7 Å². The van der Waals surface area contributed by atoms with Crippen LogP contribution in [0.15, 0.2) is 0 Å².